The number of aromatic nitrogens is 1. The third-order valence-electron chi connectivity index (χ3n) is 3.84. The van der Waals surface area contributed by atoms with E-state index in [9.17, 15) is 4.79 Å². The van der Waals surface area contributed by atoms with Crippen LogP contribution in [-0.2, 0) is 16.0 Å². The molecule has 3 aromatic rings. The Labute approximate surface area is 152 Å². The molecule has 0 saturated carbocycles. The van der Waals surface area contributed by atoms with E-state index in [1.807, 2.05) is 17.0 Å². The van der Waals surface area contributed by atoms with Crippen LogP contribution in [0.1, 0.15) is 4.88 Å². The quantitative estimate of drug-likeness (QED) is 0.691. The number of ether oxygens (including phenoxy) is 1. The summed E-state index contributed by atoms with van der Waals surface area (Å²) in [7, 11) is 0. The molecule has 0 bridgehead atoms. The van der Waals surface area contributed by atoms with Crippen LogP contribution in [0.25, 0.3) is 20.5 Å². The summed E-state index contributed by atoms with van der Waals surface area (Å²) in [6.45, 7) is 2.69. The highest BCUT2D eigenvalue weighted by Crippen LogP contribution is 2.34. The molecule has 24 heavy (non-hydrogen) atoms. The van der Waals surface area contributed by atoms with E-state index in [1.54, 1.807) is 34.0 Å². The Hall–Kier alpha value is -1.54. The van der Waals surface area contributed by atoms with Crippen molar-refractivity contribution in [1.29, 1.82) is 0 Å². The average Bonchev–Trinajstić information content (AvgIpc) is 3.36. The molecule has 0 N–H and O–H groups in total. The predicted molar refractivity (Wildman–Crippen MR) is 99.8 cm³/mol. The van der Waals surface area contributed by atoms with Crippen LogP contribution in [-0.4, -0.2) is 42.1 Å². The molecule has 0 aromatic carbocycles. The lowest BCUT2D eigenvalue weighted by Crippen LogP contribution is -2.41. The highest BCUT2D eigenvalue weighted by molar-refractivity contribution is 7.20. The fourth-order valence-corrected chi connectivity index (χ4v) is 5.25. The largest absolute Gasteiger partial charge is 0.378 e. The number of rotatable bonds is 4. The number of hydrogen-bond acceptors (Lipinski definition) is 6. The third-order valence-corrected chi connectivity index (χ3v) is 6.83. The second-order valence-corrected chi connectivity index (χ2v) is 8.43. The van der Waals surface area contributed by atoms with Gasteiger partial charge in [-0.1, -0.05) is 6.07 Å². The molecule has 4 nitrogen and oxygen atoms in total. The number of nitrogens with zero attached hydrogens (tertiary/aromatic N) is 2. The molecule has 0 radical (unpaired) electrons. The maximum Gasteiger partial charge on any atom is 0.227 e. The summed E-state index contributed by atoms with van der Waals surface area (Å²) >= 11 is 5.03. The molecule has 4 heterocycles. The van der Waals surface area contributed by atoms with Gasteiger partial charge in [0, 0.05) is 23.3 Å². The van der Waals surface area contributed by atoms with Gasteiger partial charge in [0.15, 0.2) is 0 Å². The Bertz CT molecular complexity index is 817. The first kappa shape index (κ1) is 16.0. The summed E-state index contributed by atoms with van der Waals surface area (Å²) in [5.74, 6) is 0.184. The second-order valence-electron chi connectivity index (χ2n) is 5.45. The fourth-order valence-electron chi connectivity index (χ4n) is 2.58. The minimum atomic E-state index is 0.184. The minimum Gasteiger partial charge on any atom is -0.378 e. The van der Waals surface area contributed by atoms with E-state index in [0.717, 1.165) is 20.5 Å². The SMILES string of the molecule is O=C(Cc1ccc(-c2csc(-c3cccs3)n2)s1)N1CCOCC1. The van der Waals surface area contributed by atoms with Crippen LogP contribution in [0, 0.1) is 0 Å². The van der Waals surface area contributed by atoms with Gasteiger partial charge in [-0.25, -0.2) is 4.98 Å². The van der Waals surface area contributed by atoms with Crippen LogP contribution >= 0.6 is 34.0 Å². The zero-order chi connectivity index (χ0) is 16.4. The fraction of sp³-hybridized carbons (Fsp3) is 0.294. The van der Waals surface area contributed by atoms with Crippen molar-refractivity contribution < 1.29 is 9.53 Å². The van der Waals surface area contributed by atoms with Crippen molar-refractivity contribution in [2.75, 3.05) is 26.3 Å². The average molecular weight is 377 g/mol. The number of carbonyl (C=O) groups is 1. The van der Waals surface area contributed by atoms with Crippen molar-refractivity contribution in [3.63, 3.8) is 0 Å². The van der Waals surface area contributed by atoms with Crippen LogP contribution in [0.2, 0.25) is 0 Å². The molecule has 4 rings (SSSR count). The van der Waals surface area contributed by atoms with Gasteiger partial charge >= 0.3 is 0 Å². The van der Waals surface area contributed by atoms with Gasteiger partial charge < -0.3 is 9.64 Å². The zero-order valence-corrected chi connectivity index (χ0v) is 15.4. The van der Waals surface area contributed by atoms with Gasteiger partial charge in [0.2, 0.25) is 5.91 Å². The first-order valence-corrected chi connectivity index (χ1v) is 10.3. The molecule has 1 saturated heterocycles. The maximum absolute atomic E-state index is 12.3. The van der Waals surface area contributed by atoms with Crippen molar-refractivity contribution >= 4 is 39.9 Å². The summed E-state index contributed by atoms with van der Waals surface area (Å²) in [5.41, 5.74) is 0.999. The monoisotopic (exact) mass is 376 g/mol. The van der Waals surface area contributed by atoms with Gasteiger partial charge in [-0.15, -0.1) is 34.0 Å². The molecule has 7 heteroatoms. The molecule has 0 spiro atoms. The van der Waals surface area contributed by atoms with Crippen molar-refractivity contribution in [1.82, 2.24) is 9.88 Å². The summed E-state index contributed by atoms with van der Waals surface area (Å²) in [4.78, 5) is 22.4. The molecule has 0 atom stereocenters. The molecule has 0 unspecified atom stereocenters. The molecule has 1 amide bonds. The Morgan fingerprint density at radius 1 is 1.17 bits per heavy atom. The Morgan fingerprint density at radius 2 is 2.04 bits per heavy atom. The summed E-state index contributed by atoms with van der Waals surface area (Å²) in [6.07, 6.45) is 0.465. The minimum absolute atomic E-state index is 0.184. The predicted octanol–water partition coefficient (Wildman–Crippen LogP) is 4.00. The first-order chi connectivity index (χ1) is 11.8. The second kappa shape index (κ2) is 7.14. The smallest absolute Gasteiger partial charge is 0.227 e. The highest BCUT2D eigenvalue weighted by Gasteiger charge is 2.18. The molecule has 0 aliphatic carbocycles. The van der Waals surface area contributed by atoms with Crippen molar-refractivity contribution in [3.05, 3.63) is 39.9 Å². The lowest BCUT2D eigenvalue weighted by Gasteiger charge is -2.26. The van der Waals surface area contributed by atoms with E-state index in [-0.39, 0.29) is 5.91 Å². The van der Waals surface area contributed by atoms with Crippen molar-refractivity contribution in [2.45, 2.75) is 6.42 Å². The lowest BCUT2D eigenvalue weighted by molar-refractivity contribution is -0.134. The van der Waals surface area contributed by atoms with Crippen molar-refractivity contribution in [2.24, 2.45) is 0 Å². The third kappa shape index (κ3) is 3.44. The van der Waals surface area contributed by atoms with Gasteiger partial charge in [0.1, 0.15) is 5.01 Å². The molecule has 1 aliphatic heterocycles. The Morgan fingerprint density at radius 3 is 2.83 bits per heavy atom. The van der Waals surface area contributed by atoms with Crippen LogP contribution in [0.15, 0.2) is 35.0 Å². The lowest BCUT2D eigenvalue weighted by atomic mass is 10.3. The van der Waals surface area contributed by atoms with Gasteiger partial charge in [-0.3, -0.25) is 4.79 Å². The van der Waals surface area contributed by atoms with Crippen LogP contribution in [0.5, 0.6) is 0 Å². The van der Waals surface area contributed by atoms with Crippen LogP contribution in [0.4, 0.5) is 0 Å². The van der Waals surface area contributed by atoms with E-state index in [2.05, 4.69) is 22.9 Å². The molecular weight excluding hydrogens is 360 g/mol. The van der Waals surface area contributed by atoms with E-state index in [1.165, 1.54) is 4.88 Å². The normalized spacial score (nSPS) is 14.9. The van der Waals surface area contributed by atoms with E-state index < -0.39 is 0 Å². The van der Waals surface area contributed by atoms with E-state index in [0.29, 0.717) is 32.7 Å². The molecule has 3 aromatic heterocycles. The number of hydrogen-bond donors (Lipinski definition) is 0. The molecule has 1 fully saturated rings. The van der Waals surface area contributed by atoms with Crippen molar-refractivity contribution in [3.8, 4) is 20.5 Å². The summed E-state index contributed by atoms with van der Waals surface area (Å²) in [6, 6.07) is 8.25. The first-order valence-electron chi connectivity index (χ1n) is 7.73. The van der Waals surface area contributed by atoms with Crippen LogP contribution in [0.3, 0.4) is 0 Å². The Kier molecular flexibility index (Phi) is 4.75. The number of morpholine rings is 1. The molecule has 1 aliphatic rings. The maximum atomic E-state index is 12.3. The number of carbonyl (C=O) groups excluding carboxylic acids is 1. The standard InChI is InChI=1S/C17H16N2O2S3/c20-16(19-5-7-21-8-6-19)10-12-3-4-14(24-12)13-11-23-17(18-13)15-2-1-9-22-15/h1-4,9,11H,5-8,10H2. The number of thiophene rings is 2. The van der Waals surface area contributed by atoms with Gasteiger partial charge in [0.25, 0.3) is 0 Å². The van der Waals surface area contributed by atoms with E-state index in [4.69, 9.17) is 9.72 Å². The van der Waals surface area contributed by atoms with Crippen LogP contribution < -0.4 is 0 Å². The Balaban J connectivity index is 1.45. The summed E-state index contributed by atoms with van der Waals surface area (Å²) < 4.78 is 5.30. The van der Waals surface area contributed by atoms with Gasteiger partial charge in [0.05, 0.1) is 35.1 Å². The summed E-state index contributed by atoms with van der Waals surface area (Å²) in [5, 5.41) is 5.21. The topological polar surface area (TPSA) is 42.4 Å². The van der Waals surface area contributed by atoms with Gasteiger partial charge in [-0.05, 0) is 23.6 Å². The number of thiazole rings is 1. The molecule has 124 valence electrons. The van der Waals surface area contributed by atoms with Gasteiger partial charge in [-0.2, -0.15) is 0 Å². The molecular formula is C17H16N2O2S3. The zero-order valence-electron chi connectivity index (χ0n) is 12.9. The van der Waals surface area contributed by atoms with E-state index >= 15 is 0 Å². The number of amides is 1. The highest BCUT2D eigenvalue weighted by atomic mass is 32.1.